The van der Waals surface area contributed by atoms with E-state index in [1.807, 2.05) is 82.4 Å². The monoisotopic (exact) mass is 1050 g/mol. The molecular formula is C52H58BBrF4N10O4. The lowest BCUT2D eigenvalue weighted by Crippen LogP contribution is -2.41. The predicted octanol–water partition coefficient (Wildman–Crippen LogP) is 11.4. The van der Waals surface area contributed by atoms with Gasteiger partial charge < -0.3 is 39.4 Å². The van der Waals surface area contributed by atoms with Crippen LogP contribution in [0.4, 0.5) is 28.9 Å². The molecule has 1 fully saturated rings. The lowest BCUT2D eigenvalue weighted by molar-refractivity contribution is 0.00578. The average Bonchev–Trinajstić information content (AvgIpc) is 4.19. The zero-order valence-corrected chi connectivity index (χ0v) is 43.7. The number of aromatic nitrogens is 8. The first-order chi connectivity index (χ1) is 33.9. The molecule has 0 bridgehead atoms. The minimum absolute atomic E-state index is 0. The Morgan fingerprint density at radius 2 is 1.10 bits per heavy atom. The fourth-order valence-electron chi connectivity index (χ4n) is 10.5. The largest absolute Gasteiger partial charge is 0.497 e. The number of hydrogen-bond acceptors (Lipinski definition) is 10. The van der Waals surface area contributed by atoms with E-state index in [1.165, 1.54) is 24.3 Å². The third kappa shape index (κ3) is 7.16. The number of nitrogens with zero attached hydrogens (tertiary/aromatic N) is 6. The molecule has 0 atom stereocenters. The standard InChI is InChI=1S/C23H21F2N5O.C15H19BFNO2.C14H14BrFN4O.2H2/c1-10-9-26-18-14(10)7-12(24)8-15(18)16-17(25)20-19(13-5-6-31-21(13)16)27-23(3,4)22-29-28-11(2)30(20)22;1-9-8-18-13-11(9)6-10(17)7-12(13)16-19-14(2,3)15(4,5)20-16;1-6-18-19-13-14(2,3)17-10-7-4-5-21-12(7)8(15)9(16)11(10)20(6)13;;/h7-9,26-27H,5-6H2,1-4H3;6-8,18H,1-5H3;17H,4-5H2,1-3H3;2*1H. The van der Waals surface area contributed by atoms with Crippen LogP contribution in [0.3, 0.4) is 0 Å². The van der Waals surface area contributed by atoms with Crippen molar-refractivity contribution in [2.75, 3.05) is 23.8 Å². The van der Waals surface area contributed by atoms with Gasteiger partial charge in [0.1, 0.15) is 46.2 Å². The summed E-state index contributed by atoms with van der Waals surface area (Å²) >= 11 is 3.32. The van der Waals surface area contributed by atoms with E-state index in [0.29, 0.717) is 92.5 Å². The first-order valence-corrected chi connectivity index (χ1v) is 24.7. The van der Waals surface area contributed by atoms with Crippen LogP contribution in [-0.4, -0.2) is 71.0 Å². The number of anilines is 2. The molecule has 1 saturated heterocycles. The Hall–Kier alpha value is -6.38. The molecular weight excluding hydrogens is 995 g/mol. The number of benzene rings is 4. The third-order valence-corrected chi connectivity index (χ3v) is 15.6. The second kappa shape index (κ2) is 16.3. The highest BCUT2D eigenvalue weighted by Gasteiger charge is 2.52. The summed E-state index contributed by atoms with van der Waals surface area (Å²) in [6.07, 6.45) is 5.07. The van der Waals surface area contributed by atoms with Crippen LogP contribution < -0.4 is 25.6 Å². The lowest BCUT2D eigenvalue weighted by atomic mass is 9.77. The summed E-state index contributed by atoms with van der Waals surface area (Å²) < 4.78 is 87.2. The molecule has 4 aromatic heterocycles. The predicted molar refractivity (Wildman–Crippen MR) is 276 cm³/mol. The van der Waals surface area contributed by atoms with Gasteiger partial charge in [0.2, 0.25) is 0 Å². The number of H-pyrrole nitrogens is 2. The Balaban J connectivity index is 0.000000139. The van der Waals surface area contributed by atoms with Crippen molar-refractivity contribution in [3.8, 4) is 34.0 Å². The van der Waals surface area contributed by atoms with Crippen LogP contribution >= 0.6 is 15.9 Å². The van der Waals surface area contributed by atoms with Crippen molar-refractivity contribution in [3.63, 3.8) is 0 Å². The van der Waals surface area contributed by atoms with Crippen molar-refractivity contribution >= 4 is 61.7 Å². The van der Waals surface area contributed by atoms with Crippen molar-refractivity contribution in [3.05, 3.63) is 110 Å². The molecule has 14 nitrogen and oxygen atoms in total. The summed E-state index contributed by atoms with van der Waals surface area (Å²) in [7, 11) is -0.559. The van der Waals surface area contributed by atoms with E-state index in [0.717, 1.165) is 50.7 Å². The molecule has 72 heavy (non-hydrogen) atoms. The summed E-state index contributed by atoms with van der Waals surface area (Å²) in [6.45, 7) is 24.4. The first-order valence-electron chi connectivity index (χ1n) is 23.9. The van der Waals surface area contributed by atoms with Gasteiger partial charge in [-0.1, -0.05) is 0 Å². The van der Waals surface area contributed by atoms with Crippen molar-refractivity contribution < 1.29 is 39.2 Å². The topological polar surface area (TPSA) is 154 Å². The summed E-state index contributed by atoms with van der Waals surface area (Å²) in [5, 5.41) is 25.3. The Kier molecular flexibility index (Phi) is 10.9. The fourth-order valence-corrected chi connectivity index (χ4v) is 11.1. The quantitative estimate of drug-likeness (QED) is 0.0972. The van der Waals surface area contributed by atoms with Gasteiger partial charge in [0.15, 0.2) is 23.3 Å². The molecule has 9 heterocycles. The SMILES string of the molecule is Cc1c[nH]c2c(-c3c(F)c4c(c5c3OCC5)NC(C)(C)c3nnc(C)n3-4)cc(F)cc12.Cc1c[nH]c2c(B3OC(C)(C)C(C)(C)O3)cc(F)cc12.Cc1nnc2n1-c1c(F)c(Br)c3c(c1NC2(C)C)CCO3.[HH].[HH]. The van der Waals surface area contributed by atoms with Crippen molar-refractivity contribution in [2.45, 2.75) is 118 Å². The molecule has 0 radical (unpaired) electrons. The van der Waals surface area contributed by atoms with Gasteiger partial charge in [-0.15, -0.1) is 20.4 Å². The molecule has 0 spiro atoms. The maximum absolute atomic E-state index is 16.4. The molecule has 4 aromatic carbocycles. The number of nitrogens with one attached hydrogen (secondary N) is 4. The zero-order valence-electron chi connectivity index (χ0n) is 42.1. The second-order valence-corrected chi connectivity index (χ2v) is 22.0. The minimum Gasteiger partial charge on any atom is -0.492 e. The Morgan fingerprint density at radius 3 is 1.65 bits per heavy atom. The average molecular weight is 1050 g/mol. The minimum atomic E-state index is -0.559. The van der Waals surface area contributed by atoms with Crippen LogP contribution in [0.25, 0.3) is 44.3 Å². The van der Waals surface area contributed by atoms with Gasteiger partial charge in [-0.3, -0.25) is 9.13 Å². The first kappa shape index (κ1) is 47.9. The zero-order chi connectivity index (χ0) is 51.3. The Bertz CT molecular complexity index is 3590. The molecule has 0 aliphatic carbocycles. The van der Waals surface area contributed by atoms with E-state index < -0.39 is 41.0 Å². The molecule has 8 aromatic rings. The van der Waals surface area contributed by atoms with Gasteiger partial charge >= 0.3 is 7.12 Å². The van der Waals surface area contributed by atoms with Gasteiger partial charge in [0.05, 0.1) is 62.4 Å². The van der Waals surface area contributed by atoms with Gasteiger partial charge in [0.25, 0.3) is 0 Å². The molecule has 378 valence electrons. The third-order valence-electron chi connectivity index (χ3n) is 14.9. The summed E-state index contributed by atoms with van der Waals surface area (Å²) in [5.41, 5.74) is 7.24. The van der Waals surface area contributed by atoms with Crippen LogP contribution in [0.2, 0.25) is 0 Å². The molecule has 20 heteroatoms. The van der Waals surface area contributed by atoms with E-state index in [2.05, 4.69) is 56.9 Å². The van der Waals surface area contributed by atoms with E-state index in [1.54, 1.807) is 22.3 Å². The number of halogens is 5. The fraction of sp³-hybridized carbons (Fsp3) is 0.385. The molecule has 0 saturated carbocycles. The summed E-state index contributed by atoms with van der Waals surface area (Å²) in [4.78, 5) is 6.37. The number of aromatic amines is 2. The van der Waals surface area contributed by atoms with Crippen LogP contribution in [0.1, 0.15) is 104 Å². The molecule has 0 unspecified atom stereocenters. The van der Waals surface area contributed by atoms with Crippen LogP contribution in [0, 0.1) is 51.0 Å². The number of fused-ring (bicyclic) bond motifs is 12. The molecule has 0 amide bonds. The van der Waals surface area contributed by atoms with Crippen molar-refractivity contribution in [1.29, 1.82) is 0 Å². The van der Waals surface area contributed by atoms with E-state index in [-0.39, 0.29) is 20.1 Å². The molecule has 4 N–H and O–H groups in total. The second-order valence-electron chi connectivity index (χ2n) is 21.2. The van der Waals surface area contributed by atoms with Crippen LogP contribution in [-0.2, 0) is 33.2 Å². The normalized spacial score (nSPS) is 17.8. The van der Waals surface area contributed by atoms with Gasteiger partial charge in [-0.2, -0.15) is 0 Å². The highest BCUT2D eigenvalue weighted by Crippen LogP contribution is 2.53. The van der Waals surface area contributed by atoms with Gasteiger partial charge in [-0.25, -0.2) is 17.6 Å². The van der Waals surface area contributed by atoms with E-state index in [4.69, 9.17) is 18.8 Å². The Labute approximate surface area is 424 Å². The smallest absolute Gasteiger partial charge is 0.492 e. The summed E-state index contributed by atoms with van der Waals surface area (Å²) in [5.74, 6) is 2.13. The highest BCUT2D eigenvalue weighted by atomic mass is 79.9. The number of hydrogen-bond donors (Lipinski definition) is 4. The number of aryl methyl sites for hydroxylation is 4. The van der Waals surface area contributed by atoms with E-state index in [9.17, 15) is 13.2 Å². The molecule has 13 rings (SSSR count). The highest BCUT2D eigenvalue weighted by molar-refractivity contribution is 9.10. The molecule has 5 aliphatic rings. The van der Waals surface area contributed by atoms with Crippen LogP contribution in [0.15, 0.2) is 41.1 Å². The molecule has 5 aliphatic heterocycles. The summed E-state index contributed by atoms with van der Waals surface area (Å²) in [6, 6.07) is 5.86. The maximum Gasteiger partial charge on any atom is 0.497 e. The number of rotatable bonds is 2. The van der Waals surface area contributed by atoms with Crippen molar-refractivity contribution in [1.82, 2.24) is 39.5 Å². The van der Waals surface area contributed by atoms with Gasteiger partial charge in [0, 0.05) is 66.5 Å². The van der Waals surface area contributed by atoms with Crippen molar-refractivity contribution in [2.24, 2.45) is 0 Å². The maximum atomic E-state index is 16.4. The number of ether oxygens (including phenoxy) is 2. The Morgan fingerprint density at radius 1 is 0.625 bits per heavy atom. The van der Waals surface area contributed by atoms with Crippen LogP contribution in [0.5, 0.6) is 11.5 Å². The van der Waals surface area contributed by atoms with Gasteiger partial charge in [-0.05, 0) is 134 Å². The van der Waals surface area contributed by atoms with E-state index >= 15 is 4.39 Å². The lowest BCUT2D eigenvalue weighted by Gasteiger charge is -2.35.